The van der Waals surface area contributed by atoms with E-state index in [4.69, 9.17) is 0 Å². The molecule has 1 aromatic rings. The second kappa shape index (κ2) is 6.79. The molecule has 0 aliphatic carbocycles. The van der Waals surface area contributed by atoms with Crippen molar-refractivity contribution in [1.29, 1.82) is 5.26 Å². The lowest BCUT2D eigenvalue weighted by Gasteiger charge is -2.35. The third-order valence-electron chi connectivity index (χ3n) is 3.73. The van der Waals surface area contributed by atoms with E-state index in [1.165, 1.54) is 5.56 Å². The molecule has 1 aliphatic heterocycles. The average Bonchev–Trinajstić information content (AvgIpc) is 2.49. The molecule has 0 radical (unpaired) electrons. The Morgan fingerprint density at radius 3 is 2.58 bits per heavy atom. The topological polar surface area (TPSA) is 27.0 Å². The van der Waals surface area contributed by atoms with E-state index in [1.807, 2.05) is 12.3 Å². The summed E-state index contributed by atoms with van der Waals surface area (Å²) in [6, 6.07) is 12.9. The first kappa shape index (κ1) is 14.2. The lowest BCUT2D eigenvalue weighted by Crippen LogP contribution is -2.41. The van der Waals surface area contributed by atoms with Gasteiger partial charge >= 0.3 is 0 Å². The van der Waals surface area contributed by atoms with Crippen molar-refractivity contribution in [2.45, 2.75) is 17.6 Å². The molecular weight excluding hydrogens is 252 g/mol. The zero-order chi connectivity index (χ0) is 13.6. The van der Waals surface area contributed by atoms with Crippen molar-refractivity contribution < 1.29 is 0 Å². The Kier molecular flexibility index (Phi) is 5.07. The Hall–Kier alpha value is -1.24. The van der Waals surface area contributed by atoms with E-state index >= 15 is 0 Å². The average molecular weight is 272 g/mol. The van der Waals surface area contributed by atoms with Crippen molar-refractivity contribution in [2.24, 2.45) is 0 Å². The van der Waals surface area contributed by atoms with Crippen LogP contribution in [0.2, 0.25) is 0 Å². The maximum Gasteiger partial charge on any atom is 0.104 e. The molecule has 0 amide bonds. The van der Waals surface area contributed by atoms with Gasteiger partial charge in [-0.2, -0.15) is 5.26 Å². The zero-order valence-corrected chi connectivity index (χ0v) is 12.2. The third kappa shape index (κ3) is 3.86. The van der Waals surface area contributed by atoms with Gasteiger partial charge in [0, 0.05) is 19.6 Å². The number of nitrogens with zero attached hydrogens (tertiary/aromatic N) is 2. The molecule has 0 saturated carbocycles. The molecule has 3 heteroatoms. The van der Waals surface area contributed by atoms with Crippen LogP contribution in [0.4, 0.5) is 0 Å². The van der Waals surface area contributed by atoms with Crippen LogP contribution in [0, 0.1) is 11.3 Å². The van der Waals surface area contributed by atoms with E-state index in [1.54, 1.807) is 11.8 Å². The molecule has 1 fully saturated rings. The molecule has 19 heavy (non-hydrogen) atoms. The highest BCUT2D eigenvalue weighted by atomic mass is 32.2. The third-order valence-corrected chi connectivity index (χ3v) is 5.01. The smallest absolute Gasteiger partial charge is 0.104 e. The minimum atomic E-state index is -0.139. The van der Waals surface area contributed by atoms with Gasteiger partial charge in [0.05, 0.1) is 6.07 Å². The Bertz CT molecular complexity index is 453. The van der Waals surface area contributed by atoms with Crippen LogP contribution in [0.15, 0.2) is 36.4 Å². The molecule has 0 aromatic heterocycles. The second-order valence-corrected chi connectivity index (χ2v) is 6.11. The minimum absolute atomic E-state index is 0.139. The molecule has 0 atom stereocenters. The lowest BCUT2D eigenvalue weighted by atomic mass is 9.97. The lowest BCUT2D eigenvalue weighted by molar-refractivity contribution is 0.238. The number of benzene rings is 1. The number of thioether (sulfide) groups is 1. The van der Waals surface area contributed by atoms with Gasteiger partial charge in [0.25, 0.3) is 0 Å². The Labute approximate surface area is 120 Å². The fraction of sp³-hybridized carbons (Fsp3) is 0.438. The van der Waals surface area contributed by atoms with Crippen molar-refractivity contribution >= 4 is 17.8 Å². The molecule has 0 N–H and O–H groups in total. The van der Waals surface area contributed by atoms with E-state index in [0.717, 1.165) is 32.5 Å². The summed E-state index contributed by atoms with van der Waals surface area (Å²) in [6.45, 7) is 3.02. The molecule has 0 spiro atoms. The van der Waals surface area contributed by atoms with E-state index in [9.17, 15) is 5.26 Å². The number of nitriles is 1. The zero-order valence-electron chi connectivity index (χ0n) is 11.4. The standard InChI is InChI=1S/C16H20N2S/c1-19-16(14-17)9-12-18(13-10-16)11-5-8-15-6-3-2-4-7-15/h2-8H,9-13H2,1H3. The minimum Gasteiger partial charge on any atom is -0.299 e. The molecule has 1 heterocycles. The van der Waals surface area contributed by atoms with Crippen LogP contribution in [0.25, 0.3) is 6.08 Å². The van der Waals surface area contributed by atoms with Crippen molar-refractivity contribution in [3.8, 4) is 6.07 Å². The summed E-state index contributed by atoms with van der Waals surface area (Å²) in [5, 5.41) is 9.25. The molecule has 0 unspecified atom stereocenters. The van der Waals surface area contributed by atoms with Gasteiger partial charge in [0.15, 0.2) is 0 Å². The first-order valence-electron chi connectivity index (χ1n) is 6.68. The van der Waals surface area contributed by atoms with Gasteiger partial charge in [-0.25, -0.2) is 0 Å². The molecule has 2 nitrogen and oxygen atoms in total. The van der Waals surface area contributed by atoms with Gasteiger partial charge in [0.1, 0.15) is 4.75 Å². The van der Waals surface area contributed by atoms with E-state index in [-0.39, 0.29) is 4.75 Å². The van der Waals surface area contributed by atoms with Gasteiger partial charge in [0.2, 0.25) is 0 Å². The van der Waals surface area contributed by atoms with Gasteiger partial charge in [-0.05, 0) is 24.7 Å². The van der Waals surface area contributed by atoms with E-state index in [2.05, 4.69) is 47.4 Å². The van der Waals surface area contributed by atoms with E-state index < -0.39 is 0 Å². The fourth-order valence-electron chi connectivity index (χ4n) is 2.36. The molecule has 2 rings (SSSR count). The maximum absolute atomic E-state index is 9.25. The summed E-state index contributed by atoms with van der Waals surface area (Å²) >= 11 is 1.71. The summed E-state index contributed by atoms with van der Waals surface area (Å²) in [7, 11) is 0. The van der Waals surface area contributed by atoms with Gasteiger partial charge in [-0.3, -0.25) is 4.90 Å². The first-order valence-corrected chi connectivity index (χ1v) is 7.91. The van der Waals surface area contributed by atoms with Crippen molar-refractivity contribution in [3.63, 3.8) is 0 Å². The predicted octanol–water partition coefficient (Wildman–Crippen LogP) is 3.42. The Morgan fingerprint density at radius 2 is 2.00 bits per heavy atom. The summed E-state index contributed by atoms with van der Waals surface area (Å²) in [5.41, 5.74) is 1.25. The van der Waals surface area contributed by atoms with Gasteiger partial charge in [-0.15, -0.1) is 11.8 Å². The quantitative estimate of drug-likeness (QED) is 0.840. The van der Waals surface area contributed by atoms with Crippen LogP contribution in [-0.4, -0.2) is 35.5 Å². The summed E-state index contributed by atoms with van der Waals surface area (Å²) in [6.07, 6.45) is 8.39. The van der Waals surface area contributed by atoms with Crippen molar-refractivity contribution in [1.82, 2.24) is 4.90 Å². The summed E-state index contributed by atoms with van der Waals surface area (Å²) in [5.74, 6) is 0. The largest absolute Gasteiger partial charge is 0.299 e. The van der Waals surface area contributed by atoms with Crippen LogP contribution >= 0.6 is 11.8 Å². The molecule has 1 aromatic carbocycles. The Balaban J connectivity index is 1.81. The highest BCUT2D eigenvalue weighted by Gasteiger charge is 2.33. The van der Waals surface area contributed by atoms with Crippen LogP contribution in [0.1, 0.15) is 18.4 Å². The maximum atomic E-state index is 9.25. The van der Waals surface area contributed by atoms with Crippen molar-refractivity contribution in [2.75, 3.05) is 25.9 Å². The van der Waals surface area contributed by atoms with Crippen LogP contribution in [-0.2, 0) is 0 Å². The second-order valence-electron chi connectivity index (χ2n) is 4.92. The van der Waals surface area contributed by atoms with Gasteiger partial charge in [-0.1, -0.05) is 42.5 Å². The predicted molar refractivity (Wildman–Crippen MR) is 83.0 cm³/mol. The monoisotopic (exact) mass is 272 g/mol. The number of hydrogen-bond acceptors (Lipinski definition) is 3. The number of likely N-dealkylation sites (tertiary alicyclic amines) is 1. The first-order chi connectivity index (χ1) is 9.28. The molecule has 1 saturated heterocycles. The molecule has 1 aliphatic rings. The summed E-state index contributed by atoms with van der Waals surface area (Å²) < 4.78 is -0.139. The van der Waals surface area contributed by atoms with E-state index in [0.29, 0.717) is 0 Å². The highest BCUT2D eigenvalue weighted by Crippen LogP contribution is 2.33. The van der Waals surface area contributed by atoms with Crippen molar-refractivity contribution in [3.05, 3.63) is 42.0 Å². The van der Waals surface area contributed by atoms with Crippen LogP contribution in [0.5, 0.6) is 0 Å². The normalized spacial score (nSPS) is 19.4. The number of piperidine rings is 1. The Morgan fingerprint density at radius 1 is 1.32 bits per heavy atom. The number of rotatable bonds is 4. The van der Waals surface area contributed by atoms with Crippen LogP contribution in [0.3, 0.4) is 0 Å². The molecule has 100 valence electrons. The molecule has 0 bridgehead atoms. The SMILES string of the molecule is CSC1(C#N)CCN(CC=Cc2ccccc2)CC1. The highest BCUT2D eigenvalue weighted by molar-refractivity contribution is 8.00. The number of hydrogen-bond donors (Lipinski definition) is 0. The summed E-state index contributed by atoms with van der Waals surface area (Å²) in [4.78, 5) is 2.42. The van der Waals surface area contributed by atoms with Gasteiger partial charge < -0.3 is 0 Å². The van der Waals surface area contributed by atoms with Crippen LogP contribution < -0.4 is 0 Å². The molecular formula is C16H20N2S. The fourth-order valence-corrected chi connectivity index (χ4v) is 3.04.